The van der Waals surface area contributed by atoms with Crippen LogP contribution in [0.4, 0.5) is 0 Å². The van der Waals surface area contributed by atoms with Crippen LogP contribution in [-0.2, 0) is 9.53 Å². The molecule has 12 heavy (non-hydrogen) atoms. The van der Waals surface area contributed by atoms with Crippen LogP contribution in [0.3, 0.4) is 0 Å². The van der Waals surface area contributed by atoms with E-state index in [1.807, 2.05) is 0 Å². The van der Waals surface area contributed by atoms with Crippen LogP contribution in [0.25, 0.3) is 0 Å². The predicted molar refractivity (Wildman–Crippen MR) is 50.1 cm³/mol. The number of hydrogen-bond acceptors (Lipinski definition) is 4. The van der Waals surface area contributed by atoms with Gasteiger partial charge in [-0.3, -0.25) is 4.79 Å². The molecule has 0 N–H and O–H groups in total. The smallest absolute Gasteiger partial charge is 0.200 e. The molecule has 2 nitrogen and oxygen atoms in total. The van der Waals surface area contributed by atoms with Crippen LogP contribution in [0.5, 0.6) is 0 Å². The second-order valence-electron chi connectivity index (χ2n) is 3.58. The summed E-state index contributed by atoms with van der Waals surface area (Å²) in [6.07, 6.45) is 2.62. The highest BCUT2D eigenvalue weighted by Crippen LogP contribution is 2.51. The van der Waals surface area contributed by atoms with E-state index in [1.165, 1.54) is 11.8 Å². The van der Waals surface area contributed by atoms with Gasteiger partial charge < -0.3 is 4.74 Å². The van der Waals surface area contributed by atoms with E-state index in [1.54, 1.807) is 0 Å². The minimum atomic E-state index is 0.112. The quantitative estimate of drug-likeness (QED) is 0.552. The molecule has 3 saturated heterocycles. The molecule has 0 aromatic carbocycles. The number of fused-ring (bicyclic) bond motifs is 5. The zero-order valence-electron chi connectivity index (χ0n) is 6.36. The van der Waals surface area contributed by atoms with Crippen molar-refractivity contribution < 1.29 is 9.53 Å². The number of rotatable bonds is 0. The summed E-state index contributed by atoms with van der Waals surface area (Å²) in [6, 6.07) is 0. The minimum Gasteiger partial charge on any atom is -0.373 e. The van der Waals surface area contributed by atoms with Crippen molar-refractivity contribution in [1.82, 2.24) is 0 Å². The Morgan fingerprint density at radius 2 is 2.00 bits per heavy atom. The van der Waals surface area contributed by atoms with E-state index >= 15 is 0 Å². The first-order chi connectivity index (χ1) is 5.77. The predicted octanol–water partition coefficient (Wildman–Crippen LogP) is 1.38. The molecule has 3 fully saturated rings. The lowest BCUT2D eigenvalue weighted by Gasteiger charge is -2.17. The highest BCUT2D eigenvalue weighted by atomic mass is 32.2. The fraction of sp³-hybridized carbons (Fsp3) is 0.750. The maximum Gasteiger partial charge on any atom is 0.200 e. The third-order valence-electron chi connectivity index (χ3n) is 3.02. The number of carbonyl (C=O) groups is 1. The van der Waals surface area contributed by atoms with Gasteiger partial charge in [0.2, 0.25) is 5.12 Å². The lowest BCUT2D eigenvalue weighted by Crippen LogP contribution is -2.28. The number of ether oxygens (including phenoxy) is 1. The van der Waals surface area contributed by atoms with Crippen molar-refractivity contribution in [3.05, 3.63) is 0 Å². The largest absolute Gasteiger partial charge is 0.373 e. The number of hydrogen-bond donors (Lipinski definition) is 0. The van der Waals surface area contributed by atoms with Gasteiger partial charge in [0.05, 0.1) is 22.3 Å². The van der Waals surface area contributed by atoms with E-state index in [2.05, 4.69) is 0 Å². The summed E-state index contributed by atoms with van der Waals surface area (Å²) < 4.78 is 6.53. The molecule has 0 aromatic heterocycles. The van der Waals surface area contributed by atoms with E-state index < -0.39 is 0 Å². The molecule has 4 atom stereocenters. The van der Waals surface area contributed by atoms with Crippen LogP contribution in [0, 0.1) is 11.8 Å². The molecule has 4 heteroatoms. The average molecular weight is 200 g/mol. The van der Waals surface area contributed by atoms with Crippen LogP contribution in [0.2, 0.25) is 0 Å². The van der Waals surface area contributed by atoms with Crippen molar-refractivity contribution in [2.75, 3.05) is 0 Å². The van der Waals surface area contributed by atoms with Crippen molar-refractivity contribution in [3.63, 3.8) is 0 Å². The maximum atomic E-state index is 11.5. The minimum absolute atomic E-state index is 0.112. The molecule has 2 bridgehead atoms. The topological polar surface area (TPSA) is 26.3 Å². The van der Waals surface area contributed by atoms with Gasteiger partial charge in [0.1, 0.15) is 0 Å². The van der Waals surface area contributed by atoms with Gasteiger partial charge in [-0.2, -0.15) is 0 Å². The fourth-order valence-electron chi connectivity index (χ4n) is 2.51. The Morgan fingerprint density at radius 1 is 1.33 bits per heavy atom. The van der Waals surface area contributed by atoms with Crippen LogP contribution in [0.15, 0.2) is 0 Å². The molecule has 0 aromatic rings. The lowest BCUT2D eigenvalue weighted by molar-refractivity contribution is -0.115. The first-order valence-corrected chi connectivity index (χ1v) is 5.41. The summed E-state index contributed by atoms with van der Waals surface area (Å²) in [4.78, 5) is 11.5. The Hall–Kier alpha value is 0.0700. The molecular formula is C8H8O2S2. The second kappa shape index (κ2) is 2.30. The normalized spacial score (nSPS) is 50.3. The van der Waals surface area contributed by atoms with Gasteiger partial charge in [0.25, 0.3) is 0 Å². The molecule has 0 unspecified atom stereocenters. The van der Waals surface area contributed by atoms with Crippen LogP contribution < -0.4 is 0 Å². The van der Waals surface area contributed by atoms with Gasteiger partial charge in [-0.25, -0.2) is 0 Å². The van der Waals surface area contributed by atoms with Crippen molar-refractivity contribution in [1.29, 1.82) is 0 Å². The summed E-state index contributed by atoms with van der Waals surface area (Å²) in [5.74, 6) is 0.387. The SMILES string of the molecule is O=C1SC(=S)[C@@H]2[C@H]1[C@H]1CC[C@@H]2O1. The summed E-state index contributed by atoms with van der Waals surface area (Å²) in [6.45, 7) is 0. The number of thiocarbonyl (C=S) groups is 1. The Morgan fingerprint density at radius 3 is 2.67 bits per heavy atom. The number of carbonyl (C=O) groups excluding carboxylic acids is 1. The molecule has 3 aliphatic rings. The van der Waals surface area contributed by atoms with Crippen LogP contribution in [-0.4, -0.2) is 21.5 Å². The molecule has 0 radical (unpaired) electrons. The van der Waals surface area contributed by atoms with Crippen molar-refractivity contribution in [2.45, 2.75) is 25.0 Å². The first-order valence-electron chi connectivity index (χ1n) is 4.18. The van der Waals surface area contributed by atoms with E-state index in [9.17, 15) is 4.79 Å². The first kappa shape index (κ1) is 7.47. The molecule has 0 aliphatic carbocycles. The zero-order chi connectivity index (χ0) is 8.29. The van der Waals surface area contributed by atoms with E-state index in [0.29, 0.717) is 0 Å². The van der Waals surface area contributed by atoms with E-state index in [0.717, 1.165) is 17.0 Å². The van der Waals surface area contributed by atoms with Crippen LogP contribution >= 0.6 is 24.0 Å². The standard InChI is InChI=1S/C8H8O2S2/c9-7-5-3-1-2-4(10-3)6(5)8(11)12-7/h3-6H,1-2H2/t3-,4+,5-,6+/m1/s1. The molecule has 3 rings (SSSR count). The Labute approximate surface area is 80.0 Å². The molecule has 0 spiro atoms. The fourth-order valence-corrected chi connectivity index (χ4v) is 4.12. The van der Waals surface area contributed by atoms with Gasteiger partial charge in [0, 0.05) is 5.92 Å². The maximum absolute atomic E-state index is 11.5. The second-order valence-corrected chi connectivity index (χ2v) is 5.33. The third kappa shape index (κ3) is 0.757. The lowest BCUT2D eigenvalue weighted by atomic mass is 9.81. The van der Waals surface area contributed by atoms with Gasteiger partial charge >= 0.3 is 0 Å². The van der Waals surface area contributed by atoms with Gasteiger partial charge in [0.15, 0.2) is 0 Å². The molecule has 3 heterocycles. The van der Waals surface area contributed by atoms with Gasteiger partial charge in [-0.05, 0) is 24.6 Å². The van der Waals surface area contributed by atoms with Crippen molar-refractivity contribution >= 4 is 33.3 Å². The van der Waals surface area contributed by atoms with Crippen molar-refractivity contribution in [3.8, 4) is 0 Å². The molecular weight excluding hydrogens is 192 g/mol. The Balaban J connectivity index is 2.03. The highest BCUT2D eigenvalue weighted by molar-refractivity contribution is 8.33. The molecule has 64 valence electrons. The molecule has 0 amide bonds. The highest BCUT2D eigenvalue weighted by Gasteiger charge is 2.57. The van der Waals surface area contributed by atoms with Gasteiger partial charge in [-0.15, -0.1) is 0 Å². The molecule has 3 aliphatic heterocycles. The monoisotopic (exact) mass is 200 g/mol. The summed E-state index contributed by atoms with van der Waals surface area (Å²) in [5, 5.41) is 0.247. The zero-order valence-corrected chi connectivity index (χ0v) is 7.99. The summed E-state index contributed by atoms with van der Waals surface area (Å²) in [5.41, 5.74) is 0. The average Bonchev–Trinajstić information content (AvgIpc) is 2.64. The summed E-state index contributed by atoms with van der Waals surface area (Å²) >= 11 is 6.43. The Kier molecular flexibility index (Phi) is 1.43. The number of thioether (sulfide) groups is 1. The summed E-state index contributed by atoms with van der Waals surface area (Å²) in [7, 11) is 0. The Bertz CT molecular complexity index is 250. The van der Waals surface area contributed by atoms with Crippen LogP contribution in [0.1, 0.15) is 12.8 Å². The van der Waals surface area contributed by atoms with Gasteiger partial charge in [-0.1, -0.05) is 12.2 Å². The van der Waals surface area contributed by atoms with Crippen molar-refractivity contribution in [2.24, 2.45) is 11.8 Å². The third-order valence-corrected chi connectivity index (χ3v) is 4.49. The van der Waals surface area contributed by atoms with E-state index in [-0.39, 0.29) is 29.2 Å². The molecule has 0 saturated carbocycles. The van der Waals surface area contributed by atoms with E-state index in [4.69, 9.17) is 17.0 Å².